The Labute approximate surface area is 119 Å². The molecule has 1 rings (SSSR count). The van der Waals surface area contributed by atoms with E-state index in [0.717, 1.165) is 22.4 Å². The molecule has 1 aromatic carbocycles. The van der Waals surface area contributed by atoms with Gasteiger partial charge in [-0.05, 0) is 38.3 Å². The van der Waals surface area contributed by atoms with E-state index < -0.39 is 11.9 Å². The third-order valence-corrected chi connectivity index (χ3v) is 3.20. The quantitative estimate of drug-likeness (QED) is 0.775. The molecule has 0 aliphatic carbocycles. The number of amides is 2. The van der Waals surface area contributed by atoms with Gasteiger partial charge in [0.25, 0.3) is 0 Å². The van der Waals surface area contributed by atoms with Crippen molar-refractivity contribution < 1.29 is 14.7 Å². The van der Waals surface area contributed by atoms with Crippen molar-refractivity contribution in [2.75, 3.05) is 11.9 Å². The number of anilines is 1. The van der Waals surface area contributed by atoms with Crippen LogP contribution in [0.3, 0.4) is 0 Å². The Bertz CT molecular complexity index is 489. The lowest BCUT2D eigenvalue weighted by Gasteiger charge is -2.14. The SMILES string of the molecule is Cc1cc(C)c(NC(=O)NCCC(C)C(=O)O)c(C)c1. The van der Waals surface area contributed by atoms with E-state index in [2.05, 4.69) is 10.6 Å². The number of carbonyl (C=O) groups excluding carboxylic acids is 1. The maximum atomic E-state index is 11.8. The summed E-state index contributed by atoms with van der Waals surface area (Å²) >= 11 is 0. The molecule has 0 spiro atoms. The predicted molar refractivity (Wildman–Crippen MR) is 79.1 cm³/mol. The normalized spacial score (nSPS) is 11.8. The zero-order valence-corrected chi connectivity index (χ0v) is 12.4. The maximum Gasteiger partial charge on any atom is 0.319 e. The monoisotopic (exact) mass is 278 g/mol. The molecule has 0 aromatic heterocycles. The third kappa shape index (κ3) is 4.57. The summed E-state index contributed by atoms with van der Waals surface area (Å²) in [6.07, 6.45) is 0.411. The first kappa shape index (κ1) is 16.0. The molecule has 0 aliphatic rings. The van der Waals surface area contributed by atoms with Gasteiger partial charge in [0, 0.05) is 12.2 Å². The molecular weight excluding hydrogens is 256 g/mol. The Morgan fingerprint density at radius 3 is 2.25 bits per heavy atom. The van der Waals surface area contributed by atoms with E-state index in [1.165, 1.54) is 0 Å². The van der Waals surface area contributed by atoms with Gasteiger partial charge in [0.05, 0.1) is 5.92 Å². The molecule has 1 atom stereocenters. The number of aliphatic carboxylic acids is 1. The highest BCUT2D eigenvalue weighted by molar-refractivity contribution is 5.91. The van der Waals surface area contributed by atoms with Crippen LogP contribution in [-0.2, 0) is 4.79 Å². The number of aryl methyl sites for hydroxylation is 3. The number of nitrogens with one attached hydrogen (secondary N) is 2. The van der Waals surface area contributed by atoms with Crippen molar-refractivity contribution in [1.82, 2.24) is 5.32 Å². The van der Waals surface area contributed by atoms with Crippen molar-refractivity contribution in [3.8, 4) is 0 Å². The Balaban J connectivity index is 2.53. The fraction of sp³-hybridized carbons (Fsp3) is 0.467. The fourth-order valence-electron chi connectivity index (χ4n) is 2.06. The number of rotatable bonds is 5. The lowest BCUT2D eigenvalue weighted by Crippen LogP contribution is -2.31. The minimum Gasteiger partial charge on any atom is -0.481 e. The first-order valence-electron chi connectivity index (χ1n) is 6.66. The van der Waals surface area contributed by atoms with E-state index in [-0.39, 0.29) is 6.03 Å². The van der Waals surface area contributed by atoms with E-state index >= 15 is 0 Å². The molecule has 0 fully saturated rings. The molecule has 0 heterocycles. The lowest BCUT2D eigenvalue weighted by atomic mass is 10.1. The summed E-state index contributed by atoms with van der Waals surface area (Å²) in [6, 6.07) is 3.71. The van der Waals surface area contributed by atoms with E-state index in [1.807, 2.05) is 32.9 Å². The number of benzene rings is 1. The first-order chi connectivity index (χ1) is 9.31. The molecule has 0 saturated carbocycles. The van der Waals surface area contributed by atoms with Crippen LogP contribution in [0.25, 0.3) is 0 Å². The van der Waals surface area contributed by atoms with Gasteiger partial charge in [-0.1, -0.05) is 24.6 Å². The Morgan fingerprint density at radius 2 is 1.75 bits per heavy atom. The van der Waals surface area contributed by atoms with Gasteiger partial charge in [-0.2, -0.15) is 0 Å². The molecule has 20 heavy (non-hydrogen) atoms. The van der Waals surface area contributed by atoms with Crippen LogP contribution in [0.4, 0.5) is 10.5 Å². The summed E-state index contributed by atoms with van der Waals surface area (Å²) in [5.74, 6) is -1.31. The van der Waals surface area contributed by atoms with Crippen LogP contribution in [-0.4, -0.2) is 23.7 Å². The second-order valence-corrected chi connectivity index (χ2v) is 5.18. The standard InChI is InChI=1S/C15H22N2O3/c1-9-7-11(3)13(12(4)8-9)17-15(20)16-6-5-10(2)14(18)19/h7-8,10H,5-6H2,1-4H3,(H,18,19)(H2,16,17,20). The van der Waals surface area contributed by atoms with Crippen LogP contribution in [0.15, 0.2) is 12.1 Å². The summed E-state index contributed by atoms with van der Waals surface area (Å²) in [5, 5.41) is 14.2. The van der Waals surface area contributed by atoms with Gasteiger partial charge < -0.3 is 15.7 Å². The fourth-order valence-corrected chi connectivity index (χ4v) is 2.06. The van der Waals surface area contributed by atoms with E-state index in [1.54, 1.807) is 6.92 Å². The van der Waals surface area contributed by atoms with Gasteiger partial charge in [-0.25, -0.2) is 4.79 Å². The topological polar surface area (TPSA) is 78.4 Å². The minimum absolute atomic E-state index is 0.308. The van der Waals surface area contributed by atoms with Gasteiger partial charge in [0.15, 0.2) is 0 Å². The molecule has 110 valence electrons. The zero-order chi connectivity index (χ0) is 15.3. The molecule has 2 amide bonds. The lowest BCUT2D eigenvalue weighted by molar-refractivity contribution is -0.141. The van der Waals surface area contributed by atoms with Crippen LogP contribution >= 0.6 is 0 Å². The molecule has 1 unspecified atom stereocenters. The molecule has 1 aromatic rings. The summed E-state index contributed by atoms with van der Waals surface area (Å²) in [7, 11) is 0. The van der Waals surface area contributed by atoms with E-state index in [4.69, 9.17) is 5.11 Å². The number of carbonyl (C=O) groups is 2. The van der Waals surface area contributed by atoms with Gasteiger partial charge >= 0.3 is 12.0 Å². The number of urea groups is 1. The minimum atomic E-state index is -0.850. The summed E-state index contributed by atoms with van der Waals surface area (Å²) in [6.45, 7) is 7.86. The van der Waals surface area contributed by atoms with Crippen molar-refractivity contribution >= 4 is 17.7 Å². The molecule has 0 radical (unpaired) electrons. The zero-order valence-electron chi connectivity index (χ0n) is 12.4. The Morgan fingerprint density at radius 1 is 1.20 bits per heavy atom. The smallest absolute Gasteiger partial charge is 0.319 e. The molecule has 5 nitrogen and oxygen atoms in total. The van der Waals surface area contributed by atoms with Crippen molar-refractivity contribution in [1.29, 1.82) is 0 Å². The number of hydrogen-bond acceptors (Lipinski definition) is 2. The number of carboxylic acids is 1. The summed E-state index contributed by atoms with van der Waals surface area (Å²) in [4.78, 5) is 22.4. The molecule has 0 aliphatic heterocycles. The van der Waals surface area contributed by atoms with Crippen molar-refractivity contribution in [2.24, 2.45) is 5.92 Å². The Hall–Kier alpha value is -2.04. The largest absolute Gasteiger partial charge is 0.481 e. The second-order valence-electron chi connectivity index (χ2n) is 5.18. The highest BCUT2D eigenvalue weighted by atomic mass is 16.4. The first-order valence-corrected chi connectivity index (χ1v) is 6.66. The maximum absolute atomic E-state index is 11.8. The van der Waals surface area contributed by atoms with Gasteiger partial charge in [0.2, 0.25) is 0 Å². The van der Waals surface area contributed by atoms with Crippen LogP contribution in [0.1, 0.15) is 30.0 Å². The molecular formula is C15H22N2O3. The van der Waals surface area contributed by atoms with Crippen LogP contribution < -0.4 is 10.6 Å². The number of carboxylic acid groups (broad SMARTS) is 1. The molecule has 0 bridgehead atoms. The van der Waals surface area contributed by atoms with Crippen molar-refractivity contribution in [3.63, 3.8) is 0 Å². The van der Waals surface area contributed by atoms with Crippen molar-refractivity contribution in [3.05, 3.63) is 28.8 Å². The molecule has 5 heteroatoms. The van der Waals surface area contributed by atoms with E-state index in [9.17, 15) is 9.59 Å². The van der Waals surface area contributed by atoms with Crippen LogP contribution in [0.2, 0.25) is 0 Å². The van der Waals surface area contributed by atoms with Gasteiger partial charge in [0.1, 0.15) is 0 Å². The van der Waals surface area contributed by atoms with Gasteiger partial charge in [-0.15, -0.1) is 0 Å². The highest BCUT2D eigenvalue weighted by Gasteiger charge is 2.12. The predicted octanol–water partition coefficient (Wildman–Crippen LogP) is 2.84. The van der Waals surface area contributed by atoms with Crippen molar-refractivity contribution in [2.45, 2.75) is 34.1 Å². The van der Waals surface area contributed by atoms with Crippen LogP contribution in [0, 0.1) is 26.7 Å². The number of hydrogen-bond donors (Lipinski definition) is 3. The highest BCUT2D eigenvalue weighted by Crippen LogP contribution is 2.21. The van der Waals surface area contributed by atoms with Crippen LogP contribution in [0.5, 0.6) is 0 Å². The molecule has 3 N–H and O–H groups in total. The average Bonchev–Trinajstić information content (AvgIpc) is 2.33. The summed E-state index contributed by atoms with van der Waals surface area (Å²) in [5.41, 5.74) is 3.98. The molecule has 0 saturated heterocycles. The second kappa shape index (κ2) is 6.93. The summed E-state index contributed by atoms with van der Waals surface area (Å²) < 4.78 is 0. The third-order valence-electron chi connectivity index (χ3n) is 3.20. The Kier molecular flexibility index (Phi) is 5.55. The average molecular weight is 278 g/mol. The van der Waals surface area contributed by atoms with E-state index in [0.29, 0.717) is 13.0 Å². The van der Waals surface area contributed by atoms with Gasteiger partial charge in [-0.3, -0.25) is 4.79 Å².